The van der Waals surface area contributed by atoms with Crippen molar-refractivity contribution >= 4 is 23.1 Å². The Labute approximate surface area is 231 Å². The van der Waals surface area contributed by atoms with Crippen LogP contribution >= 0.6 is 0 Å². The first-order valence-electron chi connectivity index (χ1n) is 13.4. The number of nitro groups is 1. The number of rotatable bonds is 6. The van der Waals surface area contributed by atoms with Crippen LogP contribution in [-0.2, 0) is 6.18 Å². The third-order valence-electron chi connectivity index (χ3n) is 6.96. The normalized spacial score (nSPS) is 20.1. The highest BCUT2D eigenvalue weighted by molar-refractivity contribution is 5.75. The van der Waals surface area contributed by atoms with E-state index in [1.807, 2.05) is 37.8 Å². The zero-order chi connectivity index (χ0) is 29.1. The Hall–Kier alpha value is -3.77. The zero-order valence-corrected chi connectivity index (χ0v) is 22.8. The number of alkyl halides is 3. The molecular weight excluding hydrogens is 529 g/mol. The summed E-state index contributed by atoms with van der Waals surface area (Å²) < 4.78 is 46.0. The molecule has 4 rings (SSSR count). The third-order valence-corrected chi connectivity index (χ3v) is 6.96. The molecule has 218 valence electrons. The monoisotopic (exact) mass is 564 g/mol. The van der Waals surface area contributed by atoms with E-state index >= 15 is 0 Å². The predicted molar refractivity (Wildman–Crippen MR) is 145 cm³/mol. The van der Waals surface area contributed by atoms with Crippen molar-refractivity contribution in [1.29, 1.82) is 0 Å². The van der Waals surface area contributed by atoms with Crippen LogP contribution in [0.15, 0.2) is 36.5 Å². The van der Waals surface area contributed by atoms with Crippen molar-refractivity contribution in [2.45, 2.75) is 70.3 Å². The molecule has 2 heterocycles. The first kappa shape index (κ1) is 29.2. The number of benzene rings is 1. The lowest BCUT2D eigenvalue weighted by atomic mass is 9.92. The maximum absolute atomic E-state index is 13.3. The van der Waals surface area contributed by atoms with Gasteiger partial charge in [-0.25, -0.2) is 9.78 Å². The van der Waals surface area contributed by atoms with Crippen LogP contribution in [0, 0.1) is 10.1 Å². The molecule has 40 heavy (non-hydrogen) atoms. The summed E-state index contributed by atoms with van der Waals surface area (Å²) in [5.41, 5.74) is -1.34. The number of halogens is 3. The number of urea groups is 1. The van der Waals surface area contributed by atoms with Gasteiger partial charge >= 0.3 is 12.2 Å². The molecule has 2 aliphatic rings. The number of nitro benzene ring substituents is 1. The Kier molecular flexibility index (Phi) is 8.59. The molecule has 1 aromatic heterocycles. The Morgan fingerprint density at radius 1 is 1.05 bits per heavy atom. The molecule has 1 aromatic carbocycles. The fourth-order valence-corrected chi connectivity index (χ4v) is 4.97. The molecule has 0 bridgehead atoms. The zero-order valence-electron chi connectivity index (χ0n) is 22.8. The van der Waals surface area contributed by atoms with Gasteiger partial charge in [0.05, 0.1) is 4.92 Å². The smallest absolute Gasteiger partial charge is 0.423 e. The molecule has 2 N–H and O–H groups in total. The summed E-state index contributed by atoms with van der Waals surface area (Å²) in [4.78, 5) is 30.8. The number of amides is 2. The van der Waals surface area contributed by atoms with Gasteiger partial charge in [-0.15, -0.1) is 0 Å². The number of aromatic nitrogens is 1. The molecule has 1 saturated heterocycles. The molecule has 2 fully saturated rings. The molecule has 0 atom stereocenters. The van der Waals surface area contributed by atoms with E-state index in [0.717, 1.165) is 17.8 Å². The molecule has 1 aliphatic carbocycles. The number of carbonyl (C=O) groups excluding carboxylic acids is 1. The van der Waals surface area contributed by atoms with Gasteiger partial charge in [-0.3, -0.25) is 10.1 Å². The highest BCUT2D eigenvalue weighted by Gasteiger charge is 2.38. The second-order valence-corrected chi connectivity index (χ2v) is 11.2. The highest BCUT2D eigenvalue weighted by Crippen LogP contribution is 2.38. The second-order valence-electron chi connectivity index (χ2n) is 11.2. The van der Waals surface area contributed by atoms with E-state index in [4.69, 9.17) is 4.74 Å². The summed E-state index contributed by atoms with van der Waals surface area (Å²) in [6, 6.07) is 6.66. The second kappa shape index (κ2) is 11.8. The van der Waals surface area contributed by atoms with Crippen molar-refractivity contribution < 1.29 is 27.6 Å². The van der Waals surface area contributed by atoms with E-state index < -0.39 is 22.4 Å². The van der Waals surface area contributed by atoms with E-state index in [1.165, 1.54) is 6.07 Å². The molecule has 2 aromatic rings. The minimum Gasteiger partial charge on any atom is -0.474 e. The average molecular weight is 565 g/mol. The predicted octanol–water partition coefficient (Wildman–Crippen LogP) is 5.44. The van der Waals surface area contributed by atoms with E-state index in [1.54, 1.807) is 6.20 Å². The van der Waals surface area contributed by atoms with Crippen molar-refractivity contribution in [3.05, 3.63) is 52.2 Å². The largest absolute Gasteiger partial charge is 0.474 e. The van der Waals surface area contributed by atoms with Gasteiger partial charge in [0.25, 0.3) is 5.69 Å². The molecule has 1 saturated carbocycles. The number of pyridine rings is 1. The summed E-state index contributed by atoms with van der Waals surface area (Å²) >= 11 is 0. The number of anilines is 2. The van der Waals surface area contributed by atoms with Crippen molar-refractivity contribution in [2.24, 2.45) is 0 Å². The Balaban J connectivity index is 1.28. The molecule has 2 amide bonds. The SMILES string of the molecule is CC(C)(C)NC(=O)N1CCN(c2ccnc(O[C@H]3CC[C@H](Nc4ccc([N+](=O)[O-])c(C(F)(F)F)c4)CC3)c2)CC1. The van der Waals surface area contributed by atoms with Gasteiger partial charge in [0, 0.05) is 67.5 Å². The van der Waals surface area contributed by atoms with Crippen LogP contribution in [0.25, 0.3) is 0 Å². The van der Waals surface area contributed by atoms with Crippen LogP contribution in [0.1, 0.15) is 52.0 Å². The number of hydrogen-bond donors (Lipinski definition) is 2. The van der Waals surface area contributed by atoms with Gasteiger partial charge < -0.3 is 25.2 Å². The minimum atomic E-state index is -4.82. The van der Waals surface area contributed by atoms with Gasteiger partial charge in [-0.2, -0.15) is 13.2 Å². The number of piperazine rings is 1. The van der Waals surface area contributed by atoms with Crippen LogP contribution in [0.5, 0.6) is 5.88 Å². The lowest BCUT2D eigenvalue weighted by Crippen LogP contribution is -2.55. The quantitative estimate of drug-likeness (QED) is 0.355. The number of nitrogens with one attached hydrogen (secondary N) is 2. The lowest BCUT2D eigenvalue weighted by Gasteiger charge is -2.37. The fourth-order valence-electron chi connectivity index (χ4n) is 4.97. The van der Waals surface area contributed by atoms with Gasteiger partial charge in [0.1, 0.15) is 11.7 Å². The third kappa shape index (κ3) is 7.66. The fraction of sp³-hybridized carbons (Fsp3) is 0.556. The van der Waals surface area contributed by atoms with Gasteiger partial charge in [0.15, 0.2) is 0 Å². The maximum Gasteiger partial charge on any atom is 0.423 e. The molecule has 0 spiro atoms. The molecule has 10 nitrogen and oxygen atoms in total. The number of nitrogens with zero attached hydrogens (tertiary/aromatic N) is 4. The topological polar surface area (TPSA) is 113 Å². The molecule has 1 aliphatic heterocycles. The highest BCUT2D eigenvalue weighted by atomic mass is 19.4. The van der Waals surface area contributed by atoms with Gasteiger partial charge in [0.2, 0.25) is 5.88 Å². The summed E-state index contributed by atoms with van der Waals surface area (Å²) in [6.45, 7) is 8.46. The standard InChI is InChI=1S/C27H35F3N6O4/c1-26(2,3)33-25(37)35-14-12-34(13-15-35)20-10-11-31-24(17-20)40-21-7-4-18(5-8-21)32-19-6-9-23(36(38)39)22(16-19)27(28,29)30/h6,9-11,16-18,21,32H,4-5,7-8,12-15H2,1-3H3,(H,33,37)/t18-,21-. The summed E-state index contributed by atoms with van der Waals surface area (Å²) in [5.74, 6) is 0.506. The number of ether oxygens (including phenoxy) is 1. The van der Waals surface area contributed by atoms with Crippen LogP contribution < -0.4 is 20.3 Å². The maximum atomic E-state index is 13.3. The Morgan fingerprint density at radius 3 is 2.33 bits per heavy atom. The summed E-state index contributed by atoms with van der Waals surface area (Å²) in [7, 11) is 0. The first-order chi connectivity index (χ1) is 18.8. The van der Waals surface area contributed by atoms with Crippen LogP contribution in [0.2, 0.25) is 0 Å². The average Bonchev–Trinajstić information content (AvgIpc) is 2.88. The minimum absolute atomic E-state index is 0.0645. The van der Waals surface area contributed by atoms with E-state index in [-0.39, 0.29) is 29.4 Å². The molecule has 13 heteroatoms. The molecule has 0 unspecified atom stereocenters. The Bertz CT molecular complexity index is 1200. The van der Waals surface area contributed by atoms with Crippen molar-refractivity contribution in [3.63, 3.8) is 0 Å². The van der Waals surface area contributed by atoms with E-state index in [0.29, 0.717) is 57.7 Å². The van der Waals surface area contributed by atoms with Crippen LogP contribution in [0.4, 0.5) is 35.0 Å². The van der Waals surface area contributed by atoms with Gasteiger partial charge in [-0.05, 0) is 64.7 Å². The number of carbonyl (C=O) groups is 1. The van der Waals surface area contributed by atoms with Crippen LogP contribution in [0.3, 0.4) is 0 Å². The summed E-state index contributed by atoms with van der Waals surface area (Å²) in [5, 5.41) is 17.1. The molecular formula is C27H35F3N6O4. The van der Waals surface area contributed by atoms with Crippen molar-refractivity contribution in [3.8, 4) is 5.88 Å². The van der Waals surface area contributed by atoms with Crippen LogP contribution in [-0.4, -0.2) is 64.7 Å². The first-order valence-corrected chi connectivity index (χ1v) is 13.4. The van der Waals surface area contributed by atoms with Crippen molar-refractivity contribution in [1.82, 2.24) is 15.2 Å². The Morgan fingerprint density at radius 2 is 1.73 bits per heavy atom. The van der Waals surface area contributed by atoms with Gasteiger partial charge in [-0.1, -0.05) is 0 Å². The number of hydrogen-bond acceptors (Lipinski definition) is 7. The van der Waals surface area contributed by atoms with Crippen molar-refractivity contribution in [2.75, 3.05) is 36.4 Å². The lowest BCUT2D eigenvalue weighted by molar-refractivity contribution is -0.388. The molecule has 0 radical (unpaired) electrons. The van der Waals surface area contributed by atoms with E-state index in [9.17, 15) is 28.1 Å². The summed E-state index contributed by atoms with van der Waals surface area (Å²) in [6.07, 6.45) is -0.497. The van der Waals surface area contributed by atoms with E-state index in [2.05, 4.69) is 20.5 Å².